The normalized spacial score (nSPS) is 10.7. The lowest BCUT2D eigenvalue weighted by Gasteiger charge is -2.09. The van der Waals surface area contributed by atoms with Gasteiger partial charge >= 0.3 is 5.69 Å². The monoisotopic (exact) mass is 305 g/mol. The van der Waals surface area contributed by atoms with E-state index >= 15 is 0 Å². The van der Waals surface area contributed by atoms with Gasteiger partial charge in [-0.05, 0) is 34.6 Å². The van der Waals surface area contributed by atoms with Gasteiger partial charge in [0, 0.05) is 11.8 Å². The van der Waals surface area contributed by atoms with Gasteiger partial charge in [0.05, 0.1) is 21.3 Å². The number of hydrogen-bond donors (Lipinski definition) is 2. The van der Waals surface area contributed by atoms with Crippen LogP contribution in [0.1, 0.15) is 0 Å². The van der Waals surface area contributed by atoms with E-state index in [-0.39, 0.29) is 16.7 Å². The quantitative estimate of drug-likeness (QED) is 0.433. The number of rotatable bonds is 3. The van der Waals surface area contributed by atoms with Crippen LogP contribution in [-0.4, -0.2) is 15.2 Å². The van der Waals surface area contributed by atoms with Gasteiger partial charge in [-0.3, -0.25) is 10.1 Å². The molecule has 0 unspecified atom stereocenters. The Morgan fingerprint density at radius 2 is 1.95 bits per heavy atom. The van der Waals surface area contributed by atoms with Gasteiger partial charge in [-0.15, -0.1) is 0 Å². The van der Waals surface area contributed by atoms with Gasteiger partial charge in [0.1, 0.15) is 0 Å². The van der Waals surface area contributed by atoms with Gasteiger partial charge in [-0.1, -0.05) is 11.6 Å². The standard InChI is InChI=1S/C12H8ClN5O3/c13-7-2-1-6(14)5-9(7)15-8-3-4-10(18(19)20)12-11(8)16-21-17-12/h1-5,15H,14H2. The van der Waals surface area contributed by atoms with E-state index in [9.17, 15) is 10.1 Å². The van der Waals surface area contributed by atoms with Crippen molar-refractivity contribution in [3.05, 3.63) is 45.5 Å². The third-order valence-electron chi connectivity index (χ3n) is 2.85. The predicted octanol–water partition coefficient (Wildman–Crippen LogP) is 3.11. The zero-order valence-electron chi connectivity index (χ0n) is 10.4. The van der Waals surface area contributed by atoms with Crippen molar-refractivity contribution in [2.24, 2.45) is 0 Å². The first-order valence-corrected chi connectivity index (χ1v) is 6.16. The van der Waals surface area contributed by atoms with E-state index in [0.29, 0.717) is 22.1 Å². The molecule has 0 aliphatic carbocycles. The van der Waals surface area contributed by atoms with E-state index in [1.54, 1.807) is 18.2 Å². The largest absolute Gasteiger partial charge is 0.399 e. The summed E-state index contributed by atoms with van der Waals surface area (Å²) in [6.45, 7) is 0. The number of nitro groups is 1. The SMILES string of the molecule is Nc1ccc(Cl)c(Nc2ccc([N+](=O)[O-])c3nonc23)c1. The minimum atomic E-state index is -0.552. The maximum atomic E-state index is 10.9. The first-order chi connectivity index (χ1) is 10.1. The van der Waals surface area contributed by atoms with Gasteiger partial charge in [0.15, 0.2) is 5.52 Å². The van der Waals surface area contributed by atoms with E-state index in [4.69, 9.17) is 17.3 Å². The minimum absolute atomic E-state index is 0.0602. The lowest BCUT2D eigenvalue weighted by atomic mass is 10.2. The average Bonchev–Trinajstić information content (AvgIpc) is 2.92. The average molecular weight is 306 g/mol. The highest BCUT2D eigenvalue weighted by molar-refractivity contribution is 6.33. The van der Waals surface area contributed by atoms with Gasteiger partial charge in [0.25, 0.3) is 0 Å². The first kappa shape index (κ1) is 13.1. The molecule has 9 heteroatoms. The zero-order valence-corrected chi connectivity index (χ0v) is 11.2. The van der Waals surface area contributed by atoms with Crippen LogP contribution in [0, 0.1) is 10.1 Å². The Morgan fingerprint density at radius 1 is 1.19 bits per heavy atom. The van der Waals surface area contributed by atoms with E-state index in [1.165, 1.54) is 12.1 Å². The molecule has 0 saturated heterocycles. The van der Waals surface area contributed by atoms with Gasteiger partial charge in [-0.25, -0.2) is 4.63 Å². The molecule has 3 aromatic rings. The molecule has 0 bridgehead atoms. The van der Waals surface area contributed by atoms with Crippen LogP contribution < -0.4 is 11.1 Å². The third-order valence-corrected chi connectivity index (χ3v) is 3.18. The molecule has 0 saturated carbocycles. The van der Waals surface area contributed by atoms with Crippen LogP contribution in [0.15, 0.2) is 35.0 Å². The number of fused-ring (bicyclic) bond motifs is 1. The fourth-order valence-corrected chi connectivity index (χ4v) is 2.05. The molecule has 0 radical (unpaired) electrons. The van der Waals surface area contributed by atoms with Crippen molar-refractivity contribution in [2.75, 3.05) is 11.1 Å². The number of non-ortho nitro benzene ring substituents is 1. The first-order valence-electron chi connectivity index (χ1n) is 5.78. The van der Waals surface area contributed by atoms with Crippen molar-refractivity contribution in [1.29, 1.82) is 0 Å². The van der Waals surface area contributed by atoms with E-state index in [1.807, 2.05) is 0 Å². The Bertz CT molecular complexity index is 848. The van der Waals surface area contributed by atoms with E-state index in [2.05, 4.69) is 20.3 Å². The van der Waals surface area contributed by atoms with E-state index in [0.717, 1.165) is 0 Å². The summed E-state index contributed by atoms with van der Waals surface area (Å²) in [7, 11) is 0. The number of nitrogens with two attached hydrogens (primary N) is 1. The molecule has 8 nitrogen and oxygen atoms in total. The van der Waals surface area contributed by atoms with Crippen molar-refractivity contribution < 1.29 is 9.55 Å². The lowest BCUT2D eigenvalue weighted by Crippen LogP contribution is -1.96. The summed E-state index contributed by atoms with van der Waals surface area (Å²) in [6.07, 6.45) is 0. The van der Waals surface area contributed by atoms with Crippen LogP contribution in [-0.2, 0) is 0 Å². The van der Waals surface area contributed by atoms with E-state index < -0.39 is 4.92 Å². The molecular weight excluding hydrogens is 298 g/mol. The van der Waals surface area contributed by atoms with Crippen molar-refractivity contribution in [2.45, 2.75) is 0 Å². The number of halogens is 1. The summed E-state index contributed by atoms with van der Waals surface area (Å²) in [6, 6.07) is 7.77. The van der Waals surface area contributed by atoms with Crippen LogP contribution in [0.25, 0.3) is 11.0 Å². The smallest absolute Gasteiger partial charge is 0.300 e. The highest BCUT2D eigenvalue weighted by Gasteiger charge is 2.19. The second kappa shape index (κ2) is 4.91. The van der Waals surface area contributed by atoms with Crippen LogP contribution in [0.3, 0.4) is 0 Å². The van der Waals surface area contributed by atoms with Gasteiger partial charge in [-0.2, -0.15) is 0 Å². The molecule has 21 heavy (non-hydrogen) atoms. The summed E-state index contributed by atoms with van der Waals surface area (Å²) >= 11 is 6.07. The molecule has 3 N–H and O–H groups in total. The minimum Gasteiger partial charge on any atom is -0.399 e. The predicted molar refractivity (Wildman–Crippen MR) is 77.6 cm³/mol. The third kappa shape index (κ3) is 2.32. The molecule has 0 aliphatic heterocycles. The highest BCUT2D eigenvalue weighted by atomic mass is 35.5. The van der Waals surface area contributed by atoms with Crippen molar-refractivity contribution in [3.8, 4) is 0 Å². The molecule has 1 aromatic heterocycles. The Hall–Kier alpha value is -2.87. The number of benzene rings is 2. The van der Waals surface area contributed by atoms with Gasteiger partial charge < -0.3 is 11.1 Å². The summed E-state index contributed by atoms with van der Waals surface area (Å²) < 4.78 is 4.59. The Labute approximate surface area is 122 Å². The second-order valence-corrected chi connectivity index (χ2v) is 4.62. The lowest BCUT2D eigenvalue weighted by molar-refractivity contribution is -0.383. The molecule has 0 fully saturated rings. The molecule has 0 aliphatic rings. The Kier molecular flexibility index (Phi) is 3.07. The summed E-state index contributed by atoms with van der Waals surface area (Å²) in [5, 5.41) is 21.6. The van der Waals surface area contributed by atoms with Crippen LogP contribution in [0.2, 0.25) is 5.02 Å². The van der Waals surface area contributed by atoms with Crippen LogP contribution >= 0.6 is 11.6 Å². The molecule has 2 aromatic carbocycles. The van der Waals surface area contributed by atoms with Crippen molar-refractivity contribution in [3.63, 3.8) is 0 Å². The molecule has 3 rings (SSSR count). The van der Waals surface area contributed by atoms with Crippen LogP contribution in [0.4, 0.5) is 22.7 Å². The molecular formula is C12H8ClN5O3. The molecule has 0 amide bonds. The maximum Gasteiger partial charge on any atom is 0.300 e. The number of hydrogen-bond acceptors (Lipinski definition) is 7. The number of nitrogen functional groups attached to an aromatic ring is 1. The summed E-state index contributed by atoms with van der Waals surface area (Å²) in [5.41, 5.74) is 7.37. The van der Waals surface area contributed by atoms with Gasteiger partial charge in [0.2, 0.25) is 5.52 Å². The fourth-order valence-electron chi connectivity index (χ4n) is 1.89. The van der Waals surface area contributed by atoms with Crippen molar-refractivity contribution >= 4 is 45.4 Å². The number of nitro benzene ring substituents is 1. The molecule has 0 spiro atoms. The Balaban J connectivity index is 2.10. The topological polar surface area (TPSA) is 120 Å². The number of aromatic nitrogens is 2. The molecule has 106 valence electrons. The fraction of sp³-hybridized carbons (Fsp3) is 0. The van der Waals surface area contributed by atoms with Crippen molar-refractivity contribution in [1.82, 2.24) is 10.3 Å². The highest BCUT2D eigenvalue weighted by Crippen LogP contribution is 2.33. The Morgan fingerprint density at radius 3 is 2.71 bits per heavy atom. The second-order valence-electron chi connectivity index (χ2n) is 4.22. The number of anilines is 3. The summed E-state index contributed by atoms with van der Waals surface area (Å²) in [5.74, 6) is 0. The molecule has 1 heterocycles. The number of nitrogens with zero attached hydrogens (tertiary/aromatic N) is 3. The maximum absolute atomic E-state index is 10.9. The zero-order chi connectivity index (χ0) is 15.0. The van der Waals surface area contributed by atoms with Crippen LogP contribution in [0.5, 0.6) is 0 Å². The number of nitrogens with one attached hydrogen (secondary N) is 1. The summed E-state index contributed by atoms with van der Waals surface area (Å²) in [4.78, 5) is 10.4. The molecule has 0 atom stereocenters.